The Balaban J connectivity index is 1.73. The average molecular weight is 494 g/mol. The molecule has 0 saturated carbocycles. The molecule has 0 spiro atoms. The van der Waals surface area contributed by atoms with Gasteiger partial charge in [-0.2, -0.15) is 13.2 Å². The molecule has 0 radical (unpaired) electrons. The van der Waals surface area contributed by atoms with Crippen molar-refractivity contribution in [2.24, 2.45) is 5.28 Å². The number of carbonyl (C=O) groups excluding carboxylic acids is 1. The van der Waals surface area contributed by atoms with Gasteiger partial charge in [-0.05, 0) is 50.0 Å². The van der Waals surface area contributed by atoms with Gasteiger partial charge in [-0.15, -0.1) is 5.01 Å². The highest BCUT2D eigenvalue weighted by molar-refractivity contribution is 6.32. The molecule has 0 amide bonds. The number of aryl methyl sites for hydroxylation is 1. The van der Waals surface area contributed by atoms with Crippen LogP contribution >= 0.6 is 11.6 Å². The Hall–Kier alpha value is -3.22. The highest BCUT2D eigenvalue weighted by Gasteiger charge is 2.49. The third-order valence-corrected chi connectivity index (χ3v) is 5.73. The number of fused-ring (bicyclic) bond motifs is 1. The zero-order chi connectivity index (χ0) is 24.5. The van der Waals surface area contributed by atoms with Crippen LogP contribution in [0.3, 0.4) is 0 Å². The molecular weight excluding hydrogens is 475 g/mol. The van der Waals surface area contributed by atoms with Gasteiger partial charge in [-0.25, -0.2) is 9.59 Å². The van der Waals surface area contributed by atoms with E-state index in [4.69, 9.17) is 21.4 Å². The van der Waals surface area contributed by atoms with Crippen LogP contribution in [0.15, 0.2) is 16.9 Å². The molecule has 0 bridgehead atoms. The monoisotopic (exact) mass is 493 g/mol. The topological polar surface area (TPSA) is 124 Å². The van der Waals surface area contributed by atoms with E-state index in [0.29, 0.717) is 22.6 Å². The van der Waals surface area contributed by atoms with Crippen molar-refractivity contribution >= 4 is 29.6 Å². The second kappa shape index (κ2) is 9.33. The van der Waals surface area contributed by atoms with Crippen molar-refractivity contribution in [1.82, 2.24) is 5.01 Å². The molecule has 1 saturated heterocycles. The molecule has 1 fully saturated rings. The van der Waals surface area contributed by atoms with Gasteiger partial charge in [-0.1, -0.05) is 11.6 Å². The van der Waals surface area contributed by atoms with Crippen LogP contribution in [-0.2, 0) is 19.2 Å². The van der Waals surface area contributed by atoms with Crippen molar-refractivity contribution in [3.8, 4) is 5.75 Å². The number of hydrogen-bond donors (Lipinski definition) is 1. The summed E-state index contributed by atoms with van der Waals surface area (Å²) in [5, 5.41) is 25.2. The second-order valence-corrected chi connectivity index (χ2v) is 7.73. The van der Waals surface area contributed by atoms with Gasteiger partial charge >= 0.3 is 18.1 Å². The first kappa shape index (κ1) is 24.4. The maximum Gasteiger partial charge on any atom is 0.430 e. The molecule has 0 unspecified atom stereocenters. The molecular formula is C19H19ClF3N3O7. The summed E-state index contributed by atoms with van der Waals surface area (Å²) >= 11 is 6.15. The van der Waals surface area contributed by atoms with Gasteiger partial charge in [0.2, 0.25) is 11.4 Å². The summed E-state index contributed by atoms with van der Waals surface area (Å²) in [5.41, 5.74) is 0.284. The summed E-state index contributed by atoms with van der Waals surface area (Å²) in [6.45, 7) is 2.30. The fourth-order valence-electron chi connectivity index (χ4n) is 3.53. The molecule has 0 aliphatic carbocycles. The fourth-order valence-corrected chi connectivity index (χ4v) is 3.69. The van der Waals surface area contributed by atoms with E-state index < -0.39 is 42.6 Å². The number of nitrogens with zero attached hydrogens (tertiary/aromatic N) is 3. The molecule has 1 N–H and O–H groups in total. The van der Waals surface area contributed by atoms with Crippen LogP contribution < -0.4 is 4.74 Å². The van der Waals surface area contributed by atoms with E-state index in [1.54, 1.807) is 13.8 Å². The molecule has 2 atom stereocenters. The van der Waals surface area contributed by atoms with Gasteiger partial charge in [0.25, 0.3) is 6.79 Å². The normalized spacial score (nSPS) is 20.6. The zero-order valence-electron chi connectivity index (χ0n) is 17.4. The van der Waals surface area contributed by atoms with E-state index in [2.05, 4.69) is 14.9 Å². The molecule has 0 aromatic heterocycles. The van der Waals surface area contributed by atoms with Crippen LogP contribution in [-0.4, -0.2) is 58.7 Å². The van der Waals surface area contributed by atoms with Gasteiger partial charge in [0.05, 0.1) is 17.1 Å². The summed E-state index contributed by atoms with van der Waals surface area (Å²) in [6.07, 6.45) is -5.86. The Kier molecular flexibility index (Phi) is 6.91. The number of benzene rings is 1. The average Bonchev–Trinajstić information content (AvgIpc) is 3.24. The fraction of sp³-hybridized carbons (Fsp3) is 0.474. The van der Waals surface area contributed by atoms with E-state index in [1.165, 1.54) is 6.07 Å². The van der Waals surface area contributed by atoms with E-state index in [-0.39, 0.29) is 29.2 Å². The molecule has 2 heterocycles. The number of hydrazine groups is 1. The smallest absolute Gasteiger partial charge is 0.430 e. The van der Waals surface area contributed by atoms with Gasteiger partial charge in [0, 0.05) is 10.6 Å². The summed E-state index contributed by atoms with van der Waals surface area (Å²) in [7, 11) is 0. The zero-order valence-corrected chi connectivity index (χ0v) is 18.1. The van der Waals surface area contributed by atoms with Crippen molar-refractivity contribution < 1.29 is 47.1 Å². The van der Waals surface area contributed by atoms with Crippen LogP contribution in [0.5, 0.6) is 5.75 Å². The number of hydrogen-bond acceptors (Lipinski definition) is 7. The van der Waals surface area contributed by atoms with E-state index in [0.717, 1.165) is 11.1 Å². The Bertz CT molecular complexity index is 1030. The predicted octanol–water partition coefficient (Wildman–Crippen LogP) is 3.52. The van der Waals surface area contributed by atoms with Crippen molar-refractivity contribution in [3.63, 3.8) is 0 Å². The SMILES string of the molecule is Cc1cc2c(c(C)c1Cl)C=C(C(=O)OCO/N=[N+](\[O-])N1CCC[C@H]1C(=O)O)[C@@H](C(F)(F)F)O2. The third kappa shape index (κ3) is 5.07. The first-order valence-corrected chi connectivity index (χ1v) is 10.0. The molecule has 10 nitrogen and oxygen atoms in total. The lowest BCUT2D eigenvalue weighted by Gasteiger charge is -2.29. The maximum absolute atomic E-state index is 13.5. The Morgan fingerprint density at radius 3 is 2.76 bits per heavy atom. The van der Waals surface area contributed by atoms with Gasteiger partial charge < -0.3 is 24.6 Å². The second-order valence-electron chi connectivity index (χ2n) is 7.36. The van der Waals surface area contributed by atoms with Crippen LogP contribution in [0.2, 0.25) is 5.02 Å². The lowest BCUT2D eigenvalue weighted by atomic mass is 9.96. The van der Waals surface area contributed by atoms with Crippen LogP contribution in [0, 0.1) is 19.1 Å². The van der Waals surface area contributed by atoms with Gasteiger partial charge in [-0.3, -0.25) is 0 Å². The molecule has 180 valence electrons. The highest BCUT2D eigenvalue weighted by atomic mass is 35.5. The molecule has 14 heteroatoms. The molecule has 3 rings (SSSR count). The number of ether oxygens (including phenoxy) is 2. The van der Waals surface area contributed by atoms with Gasteiger partial charge in [0.1, 0.15) is 5.75 Å². The quantitative estimate of drug-likeness (QED) is 0.159. The number of carboxylic acid groups (broad SMARTS) is 1. The number of carbonyl (C=O) groups is 2. The minimum absolute atomic E-state index is 0.0832. The summed E-state index contributed by atoms with van der Waals surface area (Å²) in [4.78, 5) is 27.9. The number of carboxylic acids is 1. The van der Waals surface area contributed by atoms with Crippen LogP contribution in [0.25, 0.3) is 6.08 Å². The standard InChI is InChI=1S/C19H19ClF3N3O7/c1-9-6-14-11(10(2)15(9)20)7-12(16(33-14)19(21,22)23)18(29)31-8-32-24-26(30)25-5-3-4-13(25)17(27)28/h6-7,13,16H,3-5,8H2,1-2H3,(H,27,28)/b26-24-/t13-,16-/m0/s1. The molecule has 2 aliphatic rings. The number of halogens is 4. The van der Waals surface area contributed by atoms with Crippen LogP contribution in [0.1, 0.15) is 29.5 Å². The Morgan fingerprint density at radius 1 is 1.42 bits per heavy atom. The van der Waals surface area contributed by atoms with Crippen molar-refractivity contribution in [3.05, 3.63) is 38.6 Å². The predicted molar refractivity (Wildman–Crippen MR) is 105 cm³/mol. The van der Waals surface area contributed by atoms with Crippen LogP contribution in [0.4, 0.5) is 13.2 Å². The summed E-state index contributed by atoms with van der Waals surface area (Å²) in [5.74, 6) is -2.71. The Morgan fingerprint density at radius 2 is 2.12 bits per heavy atom. The first-order valence-electron chi connectivity index (χ1n) is 9.63. The summed E-state index contributed by atoms with van der Waals surface area (Å²) < 4.78 is 50.4. The van der Waals surface area contributed by atoms with Crippen molar-refractivity contribution in [2.45, 2.75) is 45.0 Å². The lowest BCUT2D eigenvalue weighted by molar-refractivity contribution is -0.712. The van der Waals surface area contributed by atoms with Crippen molar-refractivity contribution in [2.75, 3.05) is 13.3 Å². The number of rotatable bonds is 6. The summed E-state index contributed by atoms with van der Waals surface area (Å²) in [6, 6.07) is 0.253. The van der Waals surface area contributed by atoms with Gasteiger partial charge in [0.15, 0.2) is 6.04 Å². The number of alkyl halides is 3. The molecule has 1 aromatic carbocycles. The van der Waals surface area contributed by atoms with Crippen molar-refractivity contribution in [1.29, 1.82) is 0 Å². The Labute approximate surface area is 190 Å². The number of aliphatic carboxylic acids is 1. The minimum Gasteiger partial charge on any atom is -0.569 e. The largest absolute Gasteiger partial charge is 0.569 e. The molecule has 1 aromatic rings. The highest BCUT2D eigenvalue weighted by Crippen LogP contribution is 2.41. The number of esters is 1. The molecule has 2 aliphatic heterocycles. The van der Waals surface area contributed by atoms with E-state index in [9.17, 15) is 28.0 Å². The first-order chi connectivity index (χ1) is 15.4. The minimum atomic E-state index is -4.93. The maximum atomic E-state index is 13.5. The molecule has 33 heavy (non-hydrogen) atoms. The van der Waals surface area contributed by atoms with E-state index >= 15 is 0 Å². The van der Waals surface area contributed by atoms with E-state index in [1.807, 2.05) is 0 Å². The third-order valence-electron chi connectivity index (χ3n) is 5.15. The lowest BCUT2D eigenvalue weighted by Crippen LogP contribution is -2.41.